The molecule has 27 heavy (non-hydrogen) atoms. The number of nitrogens with zero attached hydrogens (tertiary/aromatic N) is 1. The molecule has 6 nitrogen and oxygen atoms in total. The lowest BCUT2D eigenvalue weighted by atomic mass is 10.0. The quantitative estimate of drug-likeness (QED) is 0.631. The van der Waals surface area contributed by atoms with Crippen molar-refractivity contribution in [3.63, 3.8) is 0 Å². The highest BCUT2D eigenvalue weighted by molar-refractivity contribution is 6.04. The fourth-order valence-electron chi connectivity index (χ4n) is 3.59. The number of aromatic amines is 1. The third kappa shape index (κ3) is 3.84. The van der Waals surface area contributed by atoms with Crippen LogP contribution in [0.5, 0.6) is 0 Å². The molecule has 0 aliphatic carbocycles. The number of para-hydroxylation sites is 1. The Hall–Kier alpha value is -2.77. The van der Waals surface area contributed by atoms with Crippen LogP contribution in [-0.2, 0) is 4.74 Å². The summed E-state index contributed by atoms with van der Waals surface area (Å²) in [4.78, 5) is 14.0. The van der Waals surface area contributed by atoms with Gasteiger partial charge in [-0.25, -0.2) is 4.39 Å². The maximum Gasteiger partial charge on any atom is 0.272 e. The minimum atomic E-state index is -0.262. The molecular formula is C20H22FN4O2+. The first-order valence-electron chi connectivity index (χ1n) is 9.11. The second kappa shape index (κ2) is 7.85. The van der Waals surface area contributed by atoms with Gasteiger partial charge >= 0.3 is 0 Å². The van der Waals surface area contributed by atoms with Crippen LogP contribution in [0.2, 0.25) is 0 Å². The van der Waals surface area contributed by atoms with E-state index in [-0.39, 0.29) is 17.8 Å². The van der Waals surface area contributed by atoms with E-state index in [9.17, 15) is 9.18 Å². The fourth-order valence-corrected chi connectivity index (χ4v) is 3.59. The molecule has 3 aromatic rings. The largest absolute Gasteiger partial charge is 0.370 e. The Morgan fingerprint density at radius 1 is 1.19 bits per heavy atom. The Balaban J connectivity index is 1.52. The molecule has 0 saturated carbocycles. The summed E-state index contributed by atoms with van der Waals surface area (Å²) in [5, 5.41) is 10.8. The van der Waals surface area contributed by atoms with E-state index in [0.29, 0.717) is 25.5 Å². The van der Waals surface area contributed by atoms with Gasteiger partial charge in [0.25, 0.3) is 5.91 Å². The standard InChI is InChI=1S/C20H21FN4O2/c21-15-7-5-14(6-8-15)18(25-9-11-27-12-10-25)13-22-20(26)19-16-3-1-2-4-17(16)23-24-19/h1-8,18H,9-13H2,(H,22,26)(H,23,24)/p+1/t18-/m0/s1. The predicted molar refractivity (Wildman–Crippen MR) is 99.1 cm³/mol. The van der Waals surface area contributed by atoms with Crippen molar-refractivity contribution in [2.24, 2.45) is 0 Å². The van der Waals surface area contributed by atoms with Crippen molar-refractivity contribution in [2.45, 2.75) is 6.04 Å². The zero-order valence-corrected chi connectivity index (χ0v) is 14.9. The lowest BCUT2D eigenvalue weighted by Gasteiger charge is -2.31. The second-order valence-corrected chi connectivity index (χ2v) is 6.70. The maximum atomic E-state index is 13.3. The van der Waals surface area contributed by atoms with Crippen molar-refractivity contribution in [1.82, 2.24) is 15.5 Å². The lowest BCUT2D eigenvalue weighted by molar-refractivity contribution is -0.937. The number of fused-ring (bicyclic) bond motifs is 1. The van der Waals surface area contributed by atoms with Crippen LogP contribution in [0.3, 0.4) is 0 Å². The number of morpholine rings is 1. The van der Waals surface area contributed by atoms with E-state index in [1.807, 2.05) is 24.3 Å². The van der Waals surface area contributed by atoms with Crippen LogP contribution >= 0.6 is 0 Å². The van der Waals surface area contributed by atoms with E-state index in [4.69, 9.17) is 4.74 Å². The van der Waals surface area contributed by atoms with Gasteiger partial charge in [0, 0.05) is 10.9 Å². The first-order valence-corrected chi connectivity index (χ1v) is 9.11. The van der Waals surface area contributed by atoms with Gasteiger partial charge in [-0.05, 0) is 18.2 Å². The Labute approximate surface area is 156 Å². The number of rotatable bonds is 5. The fraction of sp³-hybridized carbons (Fsp3) is 0.300. The lowest BCUT2D eigenvalue weighted by Crippen LogP contribution is -3.15. The molecule has 7 heteroatoms. The number of aromatic nitrogens is 2. The molecule has 1 amide bonds. The van der Waals surface area contributed by atoms with Crippen molar-refractivity contribution < 1.29 is 18.8 Å². The number of hydrogen-bond donors (Lipinski definition) is 3. The van der Waals surface area contributed by atoms with E-state index in [1.54, 1.807) is 12.1 Å². The number of nitrogens with one attached hydrogen (secondary N) is 3. The molecule has 140 valence electrons. The molecule has 0 radical (unpaired) electrons. The number of halogens is 1. The number of ether oxygens (including phenoxy) is 1. The highest BCUT2D eigenvalue weighted by Crippen LogP contribution is 2.15. The minimum Gasteiger partial charge on any atom is -0.370 e. The third-order valence-corrected chi connectivity index (χ3v) is 5.05. The normalized spacial score (nSPS) is 16.3. The van der Waals surface area contributed by atoms with Crippen molar-refractivity contribution in [1.29, 1.82) is 0 Å². The Morgan fingerprint density at radius 3 is 2.70 bits per heavy atom. The number of benzene rings is 2. The molecule has 2 heterocycles. The van der Waals surface area contributed by atoms with Gasteiger partial charge in [-0.3, -0.25) is 9.89 Å². The average molecular weight is 369 g/mol. The molecule has 1 atom stereocenters. The average Bonchev–Trinajstić information content (AvgIpc) is 3.14. The summed E-state index contributed by atoms with van der Waals surface area (Å²) in [6.45, 7) is 3.52. The Morgan fingerprint density at radius 2 is 1.93 bits per heavy atom. The smallest absolute Gasteiger partial charge is 0.272 e. The highest BCUT2D eigenvalue weighted by atomic mass is 19.1. The monoisotopic (exact) mass is 369 g/mol. The second-order valence-electron chi connectivity index (χ2n) is 6.70. The minimum absolute atomic E-state index is 0.0312. The van der Waals surface area contributed by atoms with Gasteiger partial charge in [0.1, 0.15) is 24.9 Å². The summed E-state index contributed by atoms with van der Waals surface area (Å²) in [6.07, 6.45) is 0. The molecule has 0 bridgehead atoms. The van der Waals surface area contributed by atoms with E-state index in [1.165, 1.54) is 17.0 Å². The highest BCUT2D eigenvalue weighted by Gasteiger charge is 2.27. The Kier molecular flexibility index (Phi) is 5.13. The summed E-state index contributed by atoms with van der Waals surface area (Å²) < 4.78 is 18.8. The van der Waals surface area contributed by atoms with E-state index in [2.05, 4.69) is 15.5 Å². The van der Waals surface area contributed by atoms with Crippen molar-refractivity contribution >= 4 is 16.8 Å². The van der Waals surface area contributed by atoms with Gasteiger partial charge in [-0.2, -0.15) is 5.10 Å². The number of carbonyl (C=O) groups is 1. The maximum absolute atomic E-state index is 13.3. The van der Waals surface area contributed by atoms with Crippen LogP contribution in [-0.4, -0.2) is 49.0 Å². The molecule has 2 aromatic carbocycles. The first kappa shape index (κ1) is 17.6. The molecular weight excluding hydrogens is 347 g/mol. The molecule has 1 saturated heterocycles. The van der Waals surface area contributed by atoms with Crippen LogP contribution in [0.15, 0.2) is 48.5 Å². The number of quaternary nitrogens is 1. The zero-order chi connectivity index (χ0) is 18.6. The Bertz CT molecular complexity index is 919. The summed E-state index contributed by atoms with van der Waals surface area (Å²) in [5.41, 5.74) is 2.22. The van der Waals surface area contributed by atoms with E-state index >= 15 is 0 Å². The van der Waals surface area contributed by atoms with Gasteiger partial charge in [0.05, 0.1) is 25.3 Å². The predicted octanol–water partition coefficient (Wildman–Crippen LogP) is 1.09. The van der Waals surface area contributed by atoms with E-state index in [0.717, 1.165) is 29.6 Å². The molecule has 4 rings (SSSR count). The SMILES string of the molecule is O=C(NC[C@@H](c1ccc(F)cc1)[NH+]1CCOCC1)c1n[nH]c2ccccc12. The first-order chi connectivity index (χ1) is 13.2. The number of carbonyl (C=O) groups excluding carboxylic acids is 1. The molecule has 0 unspecified atom stereocenters. The topological polar surface area (TPSA) is 71.4 Å². The van der Waals surface area contributed by atoms with Crippen LogP contribution in [0.4, 0.5) is 4.39 Å². The summed E-state index contributed by atoms with van der Waals surface area (Å²) >= 11 is 0. The molecule has 0 spiro atoms. The zero-order valence-electron chi connectivity index (χ0n) is 14.9. The van der Waals surface area contributed by atoms with Gasteiger partial charge in [-0.15, -0.1) is 0 Å². The molecule has 1 aliphatic heterocycles. The van der Waals surface area contributed by atoms with Crippen LogP contribution in [0.1, 0.15) is 22.1 Å². The van der Waals surface area contributed by atoms with Gasteiger partial charge in [0.2, 0.25) is 0 Å². The molecule has 1 fully saturated rings. The van der Waals surface area contributed by atoms with Gasteiger partial charge < -0.3 is 15.0 Å². The van der Waals surface area contributed by atoms with Gasteiger partial charge in [-0.1, -0.05) is 30.3 Å². The third-order valence-electron chi connectivity index (χ3n) is 5.05. The molecule has 1 aromatic heterocycles. The van der Waals surface area contributed by atoms with Crippen LogP contribution in [0.25, 0.3) is 10.9 Å². The summed E-state index contributed by atoms with van der Waals surface area (Å²) in [6, 6.07) is 14.1. The van der Waals surface area contributed by atoms with Crippen LogP contribution in [0, 0.1) is 5.82 Å². The van der Waals surface area contributed by atoms with Crippen molar-refractivity contribution in [2.75, 3.05) is 32.8 Å². The van der Waals surface area contributed by atoms with Gasteiger partial charge in [0.15, 0.2) is 5.69 Å². The summed E-state index contributed by atoms with van der Waals surface area (Å²) in [5.74, 6) is -0.478. The molecule has 3 N–H and O–H groups in total. The summed E-state index contributed by atoms with van der Waals surface area (Å²) in [7, 11) is 0. The number of amides is 1. The number of hydrogen-bond acceptors (Lipinski definition) is 3. The van der Waals surface area contributed by atoms with Crippen LogP contribution < -0.4 is 10.2 Å². The van der Waals surface area contributed by atoms with Crippen molar-refractivity contribution in [3.8, 4) is 0 Å². The van der Waals surface area contributed by atoms with E-state index < -0.39 is 0 Å². The molecule has 1 aliphatic rings. The van der Waals surface area contributed by atoms with Crippen molar-refractivity contribution in [3.05, 3.63) is 65.6 Å². The number of H-pyrrole nitrogens is 1.